The SMILES string of the molecule is CCCc1nc2ccccc2n1Cc1cc(F)cc(F)c1. The van der Waals surface area contributed by atoms with Crippen LogP contribution in [0.15, 0.2) is 42.5 Å². The molecule has 0 amide bonds. The number of nitrogens with zero attached hydrogens (tertiary/aromatic N) is 2. The lowest BCUT2D eigenvalue weighted by Gasteiger charge is -2.09. The topological polar surface area (TPSA) is 17.8 Å². The lowest BCUT2D eigenvalue weighted by atomic mass is 10.2. The van der Waals surface area contributed by atoms with Crippen molar-refractivity contribution in [2.24, 2.45) is 0 Å². The van der Waals surface area contributed by atoms with Gasteiger partial charge in [0.25, 0.3) is 0 Å². The number of imidazole rings is 1. The molecule has 1 heterocycles. The maximum absolute atomic E-state index is 13.4. The van der Waals surface area contributed by atoms with Crippen LogP contribution < -0.4 is 0 Å². The molecule has 2 aromatic carbocycles. The van der Waals surface area contributed by atoms with Crippen LogP contribution in [0.1, 0.15) is 24.7 Å². The van der Waals surface area contributed by atoms with Gasteiger partial charge < -0.3 is 4.57 Å². The van der Waals surface area contributed by atoms with Gasteiger partial charge in [0, 0.05) is 19.0 Å². The van der Waals surface area contributed by atoms with Crippen LogP contribution in [0.2, 0.25) is 0 Å². The minimum absolute atomic E-state index is 0.421. The Kier molecular flexibility index (Phi) is 3.69. The number of fused-ring (bicyclic) bond motifs is 1. The maximum atomic E-state index is 13.4. The number of halogens is 2. The summed E-state index contributed by atoms with van der Waals surface area (Å²) in [4.78, 5) is 4.62. The van der Waals surface area contributed by atoms with Crippen molar-refractivity contribution in [3.05, 3.63) is 65.5 Å². The molecule has 0 spiro atoms. The molecule has 108 valence electrons. The Morgan fingerprint density at radius 3 is 2.48 bits per heavy atom. The molecule has 0 saturated heterocycles. The molecule has 0 atom stereocenters. The zero-order chi connectivity index (χ0) is 14.8. The summed E-state index contributed by atoms with van der Waals surface area (Å²) in [6, 6.07) is 11.5. The van der Waals surface area contributed by atoms with Crippen molar-refractivity contribution in [1.82, 2.24) is 9.55 Å². The van der Waals surface area contributed by atoms with Gasteiger partial charge in [-0.1, -0.05) is 19.1 Å². The van der Waals surface area contributed by atoms with E-state index in [2.05, 4.69) is 11.9 Å². The van der Waals surface area contributed by atoms with Gasteiger partial charge in [-0.15, -0.1) is 0 Å². The van der Waals surface area contributed by atoms with E-state index in [0.29, 0.717) is 12.1 Å². The van der Waals surface area contributed by atoms with E-state index < -0.39 is 11.6 Å². The first kappa shape index (κ1) is 13.7. The number of aromatic nitrogens is 2. The van der Waals surface area contributed by atoms with Gasteiger partial charge in [-0.25, -0.2) is 13.8 Å². The van der Waals surface area contributed by atoms with E-state index in [9.17, 15) is 8.78 Å². The Balaban J connectivity index is 2.07. The Labute approximate surface area is 122 Å². The van der Waals surface area contributed by atoms with Crippen molar-refractivity contribution >= 4 is 11.0 Å². The zero-order valence-corrected chi connectivity index (χ0v) is 11.8. The molecule has 0 saturated carbocycles. The highest BCUT2D eigenvalue weighted by Gasteiger charge is 2.11. The number of benzene rings is 2. The van der Waals surface area contributed by atoms with E-state index in [1.165, 1.54) is 12.1 Å². The lowest BCUT2D eigenvalue weighted by Crippen LogP contribution is -2.05. The maximum Gasteiger partial charge on any atom is 0.126 e. The lowest BCUT2D eigenvalue weighted by molar-refractivity contribution is 0.577. The quantitative estimate of drug-likeness (QED) is 0.698. The molecule has 0 bridgehead atoms. The van der Waals surface area contributed by atoms with Crippen molar-refractivity contribution in [3.8, 4) is 0 Å². The Hall–Kier alpha value is -2.23. The summed E-state index contributed by atoms with van der Waals surface area (Å²) in [5, 5.41) is 0. The van der Waals surface area contributed by atoms with Crippen LogP contribution in [-0.4, -0.2) is 9.55 Å². The number of para-hydroxylation sites is 2. The van der Waals surface area contributed by atoms with Crippen molar-refractivity contribution in [2.45, 2.75) is 26.3 Å². The third kappa shape index (κ3) is 2.79. The van der Waals surface area contributed by atoms with Crippen LogP contribution in [0.4, 0.5) is 8.78 Å². The molecule has 21 heavy (non-hydrogen) atoms. The van der Waals surface area contributed by atoms with Gasteiger partial charge in [0.05, 0.1) is 11.0 Å². The predicted molar refractivity (Wildman–Crippen MR) is 79.2 cm³/mol. The molecule has 1 aromatic heterocycles. The average Bonchev–Trinajstić information content (AvgIpc) is 2.76. The number of hydrogen-bond donors (Lipinski definition) is 0. The molecule has 2 nitrogen and oxygen atoms in total. The van der Waals surface area contributed by atoms with Gasteiger partial charge >= 0.3 is 0 Å². The normalized spacial score (nSPS) is 11.2. The van der Waals surface area contributed by atoms with Crippen molar-refractivity contribution < 1.29 is 8.78 Å². The van der Waals surface area contributed by atoms with Crippen LogP contribution in [0, 0.1) is 11.6 Å². The van der Waals surface area contributed by atoms with Crippen LogP contribution in [0.5, 0.6) is 0 Å². The van der Waals surface area contributed by atoms with Gasteiger partial charge in [-0.3, -0.25) is 0 Å². The van der Waals surface area contributed by atoms with Crippen LogP contribution in [0.3, 0.4) is 0 Å². The van der Waals surface area contributed by atoms with Gasteiger partial charge in [0.2, 0.25) is 0 Å². The minimum Gasteiger partial charge on any atom is -0.323 e. The second-order valence-electron chi connectivity index (χ2n) is 5.13. The van der Waals surface area contributed by atoms with Gasteiger partial charge in [0.15, 0.2) is 0 Å². The number of hydrogen-bond acceptors (Lipinski definition) is 1. The smallest absolute Gasteiger partial charge is 0.126 e. The molecule has 0 fully saturated rings. The summed E-state index contributed by atoms with van der Waals surface area (Å²) in [6.45, 7) is 2.51. The molecule has 0 aliphatic carbocycles. The van der Waals surface area contributed by atoms with Crippen LogP contribution in [0.25, 0.3) is 11.0 Å². The molecule has 4 heteroatoms. The minimum atomic E-state index is -0.550. The first-order valence-electron chi connectivity index (χ1n) is 7.06. The highest BCUT2D eigenvalue weighted by atomic mass is 19.1. The van der Waals surface area contributed by atoms with E-state index >= 15 is 0 Å². The first-order valence-corrected chi connectivity index (χ1v) is 7.06. The molecule has 0 aliphatic rings. The molecule has 0 unspecified atom stereocenters. The standard InChI is InChI=1S/C17H16F2N2/c1-2-5-17-20-15-6-3-4-7-16(15)21(17)11-12-8-13(18)10-14(19)9-12/h3-4,6-10H,2,5,11H2,1H3. The molecule has 0 radical (unpaired) electrons. The zero-order valence-electron chi connectivity index (χ0n) is 11.8. The monoisotopic (exact) mass is 286 g/mol. The summed E-state index contributed by atoms with van der Waals surface area (Å²) in [6.07, 6.45) is 1.81. The van der Waals surface area contributed by atoms with Crippen molar-refractivity contribution in [1.29, 1.82) is 0 Å². The summed E-state index contributed by atoms with van der Waals surface area (Å²) < 4.78 is 28.7. The Bertz CT molecular complexity index is 757. The molecular weight excluding hydrogens is 270 g/mol. The van der Waals surface area contributed by atoms with Gasteiger partial charge in [-0.2, -0.15) is 0 Å². The second kappa shape index (κ2) is 5.64. The molecule has 0 N–H and O–H groups in total. The molecule has 3 aromatic rings. The average molecular weight is 286 g/mol. The fourth-order valence-electron chi connectivity index (χ4n) is 2.60. The third-order valence-electron chi connectivity index (χ3n) is 3.47. The molecule has 3 rings (SSSR count). The fraction of sp³-hybridized carbons (Fsp3) is 0.235. The highest BCUT2D eigenvalue weighted by molar-refractivity contribution is 5.76. The second-order valence-corrected chi connectivity index (χ2v) is 5.13. The van der Waals surface area contributed by atoms with Crippen molar-refractivity contribution in [3.63, 3.8) is 0 Å². The first-order chi connectivity index (χ1) is 10.2. The van der Waals surface area contributed by atoms with Crippen LogP contribution >= 0.6 is 0 Å². The summed E-state index contributed by atoms with van der Waals surface area (Å²) in [7, 11) is 0. The van der Waals surface area contributed by atoms with E-state index in [1.54, 1.807) is 0 Å². The highest BCUT2D eigenvalue weighted by Crippen LogP contribution is 2.19. The third-order valence-corrected chi connectivity index (χ3v) is 3.47. The van der Waals surface area contributed by atoms with Crippen LogP contribution in [-0.2, 0) is 13.0 Å². The Morgan fingerprint density at radius 2 is 1.76 bits per heavy atom. The Morgan fingerprint density at radius 1 is 1.05 bits per heavy atom. The fourth-order valence-corrected chi connectivity index (χ4v) is 2.60. The van der Waals surface area contributed by atoms with E-state index in [4.69, 9.17) is 0 Å². The molecular formula is C17H16F2N2. The predicted octanol–water partition coefficient (Wildman–Crippen LogP) is 4.32. The van der Waals surface area contributed by atoms with Gasteiger partial charge in [-0.05, 0) is 36.2 Å². The van der Waals surface area contributed by atoms with E-state index in [0.717, 1.165) is 35.8 Å². The summed E-state index contributed by atoms with van der Waals surface area (Å²) in [5.41, 5.74) is 2.51. The number of rotatable bonds is 4. The molecule has 0 aliphatic heterocycles. The number of aryl methyl sites for hydroxylation is 1. The summed E-state index contributed by atoms with van der Waals surface area (Å²) in [5.74, 6) is -0.152. The summed E-state index contributed by atoms with van der Waals surface area (Å²) >= 11 is 0. The van der Waals surface area contributed by atoms with E-state index in [-0.39, 0.29) is 0 Å². The largest absolute Gasteiger partial charge is 0.323 e. The van der Waals surface area contributed by atoms with Crippen molar-refractivity contribution in [2.75, 3.05) is 0 Å². The van der Waals surface area contributed by atoms with E-state index in [1.807, 2.05) is 28.8 Å². The van der Waals surface area contributed by atoms with Gasteiger partial charge in [0.1, 0.15) is 17.5 Å².